The standard InChI is InChI=1S/C17H16FN3O2/c1-17(23,11-5-3-2-4-6-11)9-19-16(22)13-7-12(18)8-14-15(13)21-10-20-14/h2-8,10,23H,9H2,1H3,(H,19,22)(H,20,21). The van der Waals surface area contributed by atoms with Gasteiger partial charge in [0, 0.05) is 0 Å². The van der Waals surface area contributed by atoms with Crippen LogP contribution < -0.4 is 5.32 Å². The number of amides is 1. The number of halogens is 1. The monoisotopic (exact) mass is 313 g/mol. The number of aliphatic hydroxyl groups is 1. The Morgan fingerprint density at radius 3 is 2.83 bits per heavy atom. The maximum atomic E-state index is 13.6. The third-order valence-corrected chi connectivity index (χ3v) is 3.72. The zero-order valence-electron chi connectivity index (χ0n) is 12.5. The Labute approximate surface area is 132 Å². The van der Waals surface area contributed by atoms with Crippen molar-refractivity contribution in [2.75, 3.05) is 6.54 Å². The van der Waals surface area contributed by atoms with Crippen LogP contribution in [0.25, 0.3) is 11.0 Å². The fraction of sp³-hybridized carbons (Fsp3) is 0.176. The van der Waals surface area contributed by atoms with E-state index in [1.54, 1.807) is 19.1 Å². The van der Waals surface area contributed by atoms with E-state index in [0.29, 0.717) is 16.6 Å². The van der Waals surface area contributed by atoms with Crippen molar-refractivity contribution < 1.29 is 14.3 Å². The van der Waals surface area contributed by atoms with Crippen LogP contribution in [-0.2, 0) is 5.60 Å². The Morgan fingerprint density at radius 1 is 1.35 bits per heavy atom. The Morgan fingerprint density at radius 2 is 2.09 bits per heavy atom. The Balaban J connectivity index is 1.80. The quantitative estimate of drug-likeness (QED) is 0.692. The lowest BCUT2D eigenvalue weighted by Crippen LogP contribution is -2.38. The molecule has 0 fully saturated rings. The number of nitrogens with zero attached hydrogens (tertiary/aromatic N) is 1. The van der Waals surface area contributed by atoms with Gasteiger partial charge >= 0.3 is 0 Å². The van der Waals surface area contributed by atoms with Crippen LogP contribution in [0.5, 0.6) is 0 Å². The summed E-state index contributed by atoms with van der Waals surface area (Å²) in [5.41, 5.74) is 0.428. The molecule has 2 aromatic carbocycles. The van der Waals surface area contributed by atoms with Crippen LogP contribution in [-0.4, -0.2) is 27.5 Å². The van der Waals surface area contributed by atoms with Crippen LogP contribution in [0.15, 0.2) is 48.8 Å². The van der Waals surface area contributed by atoms with Crippen LogP contribution in [0.2, 0.25) is 0 Å². The molecular weight excluding hydrogens is 297 g/mol. The van der Waals surface area contributed by atoms with E-state index in [0.717, 1.165) is 6.07 Å². The number of aromatic amines is 1. The van der Waals surface area contributed by atoms with Crippen molar-refractivity contribution in [3.8, 4) is 0 Å². The maximum absolute atomic E-state index is 13.6. The van der Waals surface area contributed by atoms with Gasteiger partial charge in [-0.1, -0.05) is 30.3 Å². The first-order valence-corrected chi connectivity index (χ1v) is 7.16. The van der Waals surface area contributed by atoms with Gasteiger partial charge in [-0.2, -0.15) is 0 Å². The zero-order chi connectivity index (χ0) is 16.4. The second kappa shape index (κ2) is 5.81. The first-order valence-electron chi connectivity index (χ1n) is 7.16. The average molecular weight is 313 g/mol. The molecule has 0 saturated carbocycles. The van der Waals surface area contributed by atoms with Gasteiger partial charge in [0.05, 0.1) is 24.0 Å². The summed E-state index contributed by atoms with van der Waals surface area (Å²) in [7, 11) is 0. The van der Waals surface area contributed by atoms with Gasteiger partial charge in [0.1, 0.15) is 16.9 Å². The van der Waals surface area contributed by atoms with Crippen molar-refractivity contribution in [2.24, 2.45) is 0 Å². The summed E-state index contributed by atoms with van der Waals surface area (Å²) in [5, 5.41) is 13.1. The van der Waals surface area contributed by atoms with Gasteiger partial charge in [0.2, 0.25) is 0 Å². The number of imidazole rings is 1. The second-order valence-electron chi connectivity index (χ2n) is 5.57. The van der Waals surface area contributed by atoms with Crippen molar-refractivity contribution in [1.82, 2.24) is 15.3 Å². The van der Waals surface area contributed by atoms with E-state index in [-0.39, 0.29) is 12.1 Å². The predicted molar refractivity (Wildman–Crippen MR) is 84.4 cm³/mol. The fourth-order valence-corrected chi connectivity index (χ4v) is 2.43. The van der Waals surface area contributed by atoms with E-state index in [4.69, 9.17) is 0 Å². The molecule has 3 N–H and O–H groups in total. The molecule has 0 radical (unpaired) electrons. The molecule has 1 atom stereocenters. The average Bonchev–Trinajstić information content (AvgIpc) is 3.01. The largest absolute Gasteiger partial charge is 0.384 e. The Kier molecular flexibility index (Phi) is 3.83. The van der Waals surface area contributed by atoms with Crippen LogP contribution in [0.4, 0.5) is 4.39 Å². The molecular formula is C17H16FN3O2. The summed E-state index contributed by atoms with van der Waals surface area (Å²) in [6.07, 6.45) is 1.40. The van der Waals surface area contributed by atoms with Gasteiger partial charge in [-0.15, -0.1) is 0 Å². The molecule has 0 bridgehead atoms. The highest BCUT2D eigenvalue weighted by Gasteiger charge is 2.24. The Hall–Kier alpha value is -2.73. The number of carbonyl (C=O) groups excluding carboxylic acids is 1. The first kappa shape index (κ1) is 15.2. The van der Waals surface area contributed by atoms with Crippen LogP contribution in [0.3, 0.4) is 0 Å². The number of hydrogen-bond acceptors (Lipinski definition) is 3. The lowest BCUT2D eigenvalue weighted by molar-refractivity contribution is 0.0527. The molecule has 3 rings (SSSR count). The molecule has 5 nitrogen and oxygen atoms in total. The summed E-state index contributed by atoms with van der Waals surface area (Å²) in [6.45, 7) is 1.61. The van der Waals surface area contributed by atoms with Gasteiger partial charge in [0.25, 0.3) is 5.91 Å². The van der Waals surface area contributed by atoms with E-state index in [9.17, 15) is 14.3 Å². The third-order valence-electron chi connectivity index (χ3n) is 3.72. The van der Waals surface area contributed by atoms with Gasteiger partial charge in [-0.25, -0.2) is 9.37 Å². The molecule has 118 valence electrons. The number of carbonyl (C=O) groups is 1. The van der Waals surface area contributed by atoms with E-state index in [2.05, 4.69) is 15.3 Å². The molecule has 0 spiro atoms. The lowest BCUT2D eigenvalue weighted by atomic mass is 9.96. The first-order chi connectivity index (χ1) is 11.0. The topological polar surface area (TPSA) is 78.0 Å². The lowest BCUT2D eigenvalue weighted by Gasteiger charge is -2.24. The minimum absolute atomic E-state index is 0.00171. The number of hydrogen-bond donors (Lipinski definition) is 3. The Bertz CT molecular complexity index is 843. The van der Waals surface area contributed by atoms with Gasteiger partial charge in [-0.3, -0.25) is 4.79 Å². The van der Waals surface area contributed by atoms with Crippen LogP contribution >= 0.6 is 0 Å². The molecule has 6 heteroatoms. The molecule has 1 aromatic heterocycles. The van der Waals surface area contributed by atoms with E-state index in [1.807, 2.05) is 18.2 Å². The summed E-state index contributed by atoms with van der Waals surface area (Å²) >= 11 is 0. The number of rotatable bonds is 4. The number of aromatic nitrogens is 2. The highest BCUT2D eigenvalue weighted by molar-refractivity contribution is 6.04. The molecule has 1 heterocycles. The van der Waals surface area contributed by atoms with Crippen LogP contribution in [0, 0.1) is 5.82 Å². The molecule has 0 aliphatic heterocycles. The molecule has 23 heavy (non-hydrogen) atoms. The molecule has 0 saturated heterocycles. The van der Waals surface area contributed by atoms with Crippen molar-refractivity contribution in [3.63, 3.8) is 0 Å². The van der Waals surface area contributed by atoms with E-state index >= 15 is 0 Å². The molecule has 1 amide bonds. The summed E-state index contributed by atoms with van der Waals surface area (Å²) in [5.74, 6) is -1.01. The smallest absolute Gasteiger partial charge is 0.253 e. The van der Waals surface area contributed by atoms with Crippen molar-refractivity contribution in [3.05, 3.63) is 65.7 Å². The predicted octanol–water partition coefficient (Wildman–Crippen LogP) is 2.34. The van der Waals surface area contributed by atoms with E-state index in [1.165, 1.54) is 12.4 Å². The molecule has 3 aromatic rings. The molecule has 0 aliphatic carbocycles. The highest BCUT2D eigenvalue weighted by Crippen LogP contribution is 2.20. The number of nitrogens with one attached hydrogen (secondary N) is 2. The normalized spacial score (nSPS) is 13.7. The summed E-state index contributed by atoms with van der Waals surface area (Å²) in [6, 6.07) is 11.4. The van der Waals surface area contributed by atoms with Gasteiger partial charge < -0.3 is 15.4 Å². The van der Waals surface area contributed by atoms with Gasteiger partial charge in [-0.05, 0) is 24.6 Å². The zero-order valence-corrected chi connectivity index (χ0v) is 12.5. The van der Waals surface area contributed by atoms with Crippen molar-refractivity contribution in [1.29, 1.82) is 0 Å². The molecule has 0 aliphatic rings. The van der Waals surface area contributed by atoms with Gasteiger partial charge in [0.15, 0.2) is 0 Å². The van der Waals surface area contributed by atoms with Crippen LogP contribution in [0.1, 0.15) is 22.8 Å². The third kappa shape index (κ3) is 3.07. The molecule has 1 unspecified atom stereocenters. The number of benzene rings is 2. The van der Waals surface area contributed by atoms with Crippen molar-refractivity contribution >= 4 is 16.9 Å². The fourth-order valence-electron chi connectivity index (χ4n) is 2.43. The number of fused-ring (bicyclic) bond motifs is 1. The summed E-state index contributed by atoms with van der Waals surface area (Å²) < 4.78 is 13.6. The minimum Gasteiger partial charge on any atom is -0.384 e. The minimum atomic E-state index is -1.23. The summed E-state index contributed by atoms with van der Waals surface area (Å²) in [4.78, 5) is 19.2. The second-order valence-corrected chi connectivity index (χ2v) is 5.57. The van der Waals surface area contributed by atoms with Crippen molar-refractivity contribution in [2.45, 2.75) is 12.5 Å². The maximum Gasteiger partial charge on any atom is 0.253 e. The number of H-pyrrole nitrogens is 1. The highest BCUT2D eigenvalue weighted by atomic mass is 19.1. The SMILES string of the molecule is CC(O)(CNC(=O)c1cc(F)cc2[nH]cnc12)c1ccccc1. The van der Waals surface area contributed by atoms with E-state index < -0.39 is 17.3 Å².